The smallest absolute Gasteiger partial charge is 0.145 e. The number of hydrogen-bond acceptors (Lipinski definition) is 4. The van der Waals surface area contributed by atoms with Gasteiger partial charge in [-0.2, -0.15) is 0 Å². The van der Waals surface area contributed by atoms with Crippen LogP contribution in [-0.2, 0) is 0 Å². The second kappa shape index (κ2) is 29.5. The van der Waals surface area contributed by atoms with Gasteiger partial charge in [0.05, 0.1) is 44.5 Å². The van der Waals surface area contributed by atoms with Crippen LogP contribution >= 0.6 is 0 Å². The van der Waals surface area contributed by atoms with Crippen molar-refractivity contribution in [2.45, 2.75) is 0 Å². The van der Waals surface area contributed by atoms with E-state index in [4.69, 9.17) is 19.9 Å². The van der Waals surface area contributed by atoms with Gasteiger partial charge in [0.2, 0.25) is 0 Å². The summed E-state index contributed by atoms with van der Waals surface area (Å²) in [4.78, 5) is 21.5. The predicted molar refractivity (Wildman–Crippen MR) is 531 cm³/mol. The lowest BCUT2D eigenvalue weighted by Crippen LogP contribution is -1.98. The third-order valence-electron chi connectivity index (χ3n) is 25.9. The highest BCUT2D eigenvalue weighted by Crippen LogP contribution is 2.50. The van der Waals surface area contributed by atoms with Gasteiger partial charge >= 0.3 is 0 Å². The van der Waals surface area contributed by atoms with E-state index in [9.17, 15) is 0 Å². The Kier molecular flexibility index (Phi) is 16.9. The van der Waals surface area contributed by atoms with E-state index in [0.717, 1.165) is 122 Å². The molecule has 4 heterocycles. The third-order valence-corrected chi connectivity index (χ3v) is 25.9. The molecular weight excluding hydrogens is 1530 g/mol. The lowest BCUT2D eigenvalue weighted by atomic mass is 9.86. The summed E-state index contributed by atoms with van der Waals surface area (Å²) in [6.45, 7) is 0. The number of pyridine rings is 2. The van der Waals surface area contributed by atoms with Crippen LogP contribution in [-0.4, -0.2) is 29.1 Å². The van der Waals surface area contributed by atoms with E-state index in [0.29, 0.717) is 0 Å². The van der Waals surface area contributed by atoms with Crippen molar-refractivity contribution in [3.63, 3.8) is 0 Å². The minimum atomic E-state index is 0.906. The number of rotatable bonds is 10. The van der Waals surface area contributed by atoms with Gasteiger partial charge in [-0.05, 0) is 239 Å². The van der Waals surface area contributed by atoms with Gasteiger partial charge in [0.15, 0.2) is 0 Å². The molecule has 0 amide bonds. The van der Waals surface area contributed by atoms with Gasteiger partial charge in [-0.25, -0.2) is 19.9 Å². The average Bonchev–Trinajstić information content (AvgIpc) is 0.920. The van der Waals surface area contributed by atoms with Crippen LogP contribution < -0.4 is 0 Å². The van der Waals surface area contributed by atoms with Crippen LogP contribution in [0.25, 0.3) is 253 Å². The highest BCUT2D eigenvalue weighted by Gasteiger charge is 2.25. The van der Waals surface area contributed by atoms with Crippen LogP contribution in [0, 0.1) is 0 Å². The van der Waals surface area contributed by atoms with Crippen LogP contribution in [0.5, 0.6) is 0 Å². The van der Waals surface area contributed by atoms with Crippen LogP contribution in [0.1, 0.15) is 0 Å². The molecule has 6 heteroatoms. The zero-order valence-electron chi connectivity index (χ0n) is 68.4. The van der Waals surface area contributed by atoms with Crippen molar-refractivity contribution in [1.82, 2.24) is 29.1 Å². The molecule has 26 rings (SSSR count). The summed E-state index contributed by atoms with van der Waals surface area (Å²) in [5.41, 5.74) is 23.8. The fourth-order valence-corrected chi connectivity index (χ4v) is 20.1. The Morgan fingerprint density at radius 1 is 0.151 bits per heavy atom. The standard InChI is InChI=1S/2C60H37N3/c1-2-18-42(19-3-1)63-58-29-15-14-28-56(58)62-60(63)39-32-30-38(31-33-39)57-37-54(52-35-41-17-5-7-21-44(41)46-23-9-11-25-48(46)52)55-36-53(49-26-12-13-27-50(49)59(55)61-57)51-34-40-16-4-6-20-43(40)45-22-8-10-24-47(45)51;1-2-16-39(17-3-1)60-62-56-28-14-15-29-58(56)63(60)42-32-30-38(31-33-42)57-37-54(52-35-41-19-5-7-21-44(41)46-23-9-11-25-48(46)52)55-36-53(49-26-12-13-27-50(49)59(55)61-57)51-34-40-18-4-6-20-43(40)45-22-8-10-24-47(45)51/h2*1-37H. The molecule has 126 heavy (non-hydrogen) atoms. The first-order valence-electron chi connectivity index (χ1n) is 43.1. The summed E-state index contributed by atoms with van der Waals surface area (Å²) in [6.07, 6.45) is 0. The quantitative estimate of drug-likeness (QED) is 0.128. The van der Waals surface area contributed by atoms with E-state index in [1.165, 1.54) is 130 Å². The molecule has 584 valence electrons. The zero-order chi connectivity index (χ0) is 82.9. The summed E-state index contributed by atoms with van der Waals surface area (Å²) < 4.78 is 4.52. The molecule has 6 nitrogen and oxygen atoms in total. The van der Waals surface area contributed by atoms with E-state index in [2.05, 4.69) is 452 Å². The van der Waals surface area contributed by atoms with Gasteiger partial charge in [0, 0.05) is 55.2 Å². The number of para-hydroxylation sites is 5. The van der Waals surface area contributed by atoms with Crippen molar-refractivity contribution < 1.29 is 0 Å². The van der Waals surface area contributed by atoms with Gasteiger partial charge in [0.1, 0.15) is 11.6 Å². The zero-order valence-corrected chi connectivity index (χ0v) is 68.4. The molecule has 0 aliphatic carbocycles. The summed E-state index contributed by atoms with van der Waals surface area (Å²) in [6, 6.07) is 162. The summed E-state index contributed by atoms with van der Waals surface area (Å²) in [5, 5.41) is 26.7. The number of aromatic nitrogens is 6. The van der Waals surface area contributed by atoms with Crippen LogP contribution in [0.3, 0.4) is 0 Å². The Labute approximate surface area is 725 Å². The molecule has 0 aliphatic heterocycles. The molecule has 0 saturated heterocycles. The van der Waals surface area contributed by atoms with E-state index in [1.807, 2.05) is 6.07 Å². The maximum absolute atomic E-state index is 5.64. The third kappa shape index (κ3) is 11.9. The first kappa shape index (κ1) is 72.1. The highest BCUT2D eigenvalue weighted by molar-refractivity contribution is 6.26. The Morgan fingerprint density at radius 2 is 0.397 bits per heavy atom. The topological polar surface area (TPSA) is 61.4 Å². The van der Waals surface area contributed by atoms with Crippen LogP contribution in [0.4, 0.5) is 0 Å². The Balaban J connectivity index is 0.000000137. The normalized spacial score (nSPS) is 11.8. The highest BCUT2D eigenvalue weighted by atomic mass is 15.1. The SMILES string of the molecule is c1ccc(-c2nc3ccccc3n2-c2ccc(-c3cc(-c4cc5ccccc5c5ccccc45)c4cc(-c5cc6ccccc6c6ccccc56)c5ccccc5c4n3)cc2)cc1.c1ccc(-n2c(-c3ccc(-c4cc(-c5cc6ccccc6c6ccccc56)c5cc(-c6cc7ccccc7c7ccccc67)c6ccccc6c5n4)cc3)nc3ccccc32)cc1. The first-order chi connectivity index (χ1) is 62.5. The molecule has 0 atom stereocenters. The molecular formula is C120H74N6. The molecule has 0 unspecified atom stereocenters. The fourth-order valence-electron chi connectivity index (χ4n) is 20.1. The Hall–Kier alpha value is -16.8. The summed E-state index contributed by atoms with van der Waals surface area (Å²) >= 11 is 0. The van der Waals surface area contributed by atoms with Crippen molar-refractivity contribution in [1.29, 1.82) is 0 Å². The molecule has 22 aromatic carbocycles. The molecule has 0 fully saturated rings. The monoisotopic (exact) mass is 1600 g/mol. The average molecular weight is 1600 g/mol. The maximum Gasteiger partial charge on any atom is 0.145 e. The Bertz CT molecular complexity index is 8950. The van der Waals surface area contributed by atoms with Crippen molar-refractivity contribution >= 4 is 152 Å². The van der Waals surface area contributed by atoms with Gasteiger partial charge in [-0.15, -0.1) is 0 Å². The number of hydrogen-bond donors (Lipinski definition) is 0. The van der Waals surface area contributed by atoms with Crippen molar-refractivity contribution in [2.24, 2.45) is 0 Å². The predicted octanol–water partition coefficient (Wildman–Crippen LogP) is 32.0. The second-order valence-corrected chi connectivity index (χ2v) is 33.0. The van der Waals surface area contributed by atoms with Crippen LogP contribution in [0.2, 0.25) is 0 Å². The number of imidazole rings is 2. The fraction of sp³-hybridized carbons (Fsp3) is 0. The minimum absolute atomic E-state index is 0.906. The van der Waals surface area contributed by atoms with Gasteiger partial charge in [-0.1, -0.05) is 352 Å². The molecule has 0 bridgehead atoms. The largest absolute Gasteiger partial charge is 0.292 e. The van der Waals surface area contributed by atoms with Crippen molar-refractivity contribution in [3.05, 3.63) is 449 Å². The molecule has 0 saturated carbocycles. The molecule has 0 N–H and O–H groups in total. The summed E-state index contributed by atoms with van der Waals surface area (Å²) in [7, 11) is 0. The van der Waals surface area contributed by atoms with E-state index < -0.39 is 0 Å². The van der Waals surface area contributed by atoms with Crippen LogP contribution in [0.15, 0.2) is 449 Å². The molecule has 0 radical (unpaired) electrons. The van der Waals surface area contributed by atoms with Crippen molar-refractivity contribution in [2.75, 3.05) is 0 Å². The second-order valence-electron chi connectivity index (χ2n) is 33.0. The van der Waals surface area contributed by atoms with Gasteiger partial charge in [0.25, 0.3) is 0 Å². The van der Waals surface area contributed by atoms with Gasteiger partial charge in [-0.3, -0.25) is 9.13 Å². The Morgan fingerprint density at radius 3 is 0.762 bits per heavy atom. The van der Waals surface area contributed by atoms with E-state index >= 15 is 0 Å². The molecule has 0 aliphatic rings. The number of nitrogens with zero attached hydrogens (tertiary/aromatic N) is 6. The van der Waals surface area contributed by atoms with E-state index in [1.54, 1.807) is 0 Å². The van der Waals surface area contributed by atoms with Crippen molar-refractivity contribution in [3.8, 4) is 101 Å². The van der Waals surface area contributed by atoms with E-state index in [-0.39, 0.29) is 0 Å². The number of benzene rings is 22. The minimum Gasteiger partial charge on any atom is -0.292 e. The lowest BCUT2D eigenvalue weighted by Gasteiger charge is -2.19. The lowest BCUT2D eigenvalue weighted by molar-refractivity contribution is 1.10. The van der Waals surface area contributed by atoms with Gasteiger partial charge < -0.3 is 0 Å². The first-order valence-corrected chi connectivity index (χ1v) is 43.1. The maximum atomic E-state index is 5.64. The summed E-state index contributed by atoms with van der Waals surface area (Å²) in [5.74, 6) is 1.82. The molecule has 0 spiro atoms. The molecule has 4 aromatic heterocycles. The molecule has 26 aromatic rings. The number of fused-ring (bicyclic) bond motifs is 20.